The number of aliphatic carboxylic acids is 1. The molecule has 5 heteroatoms. The second-order valence-electron chi connectivity index (χ2n) is 4.93. The topological polar surface area (TPSA) is 82.2 Å². The van der Waals surface area contributed by atoms with Crippen molar-refractivity contribution >= 4 is 22.8 Å². The van der Waals surface area contributed by atoms with Crippen LogP contribution in [0.1, 0.15) is 25.3 Å². The summed E-state index contributed by atoms with van der Waals surface area (Å²) in [5, 5.41) is 12.7. The summed E-state index contributed by atoms with van der Waals surface area (Å²) < 4.78 is 0. The number of carboxylic acid groups (broad SMARTS) is 1. The van der Waals surface area contributed by atoms with Crippen molar-refractivity contribution in [1.29, 1.82) is 0 Å². The van der Waals surface area contributed by atoms with E-state index in [1.54, 1.807) is 0 Å². The van der Waals surface area contributed by atoms with Gasteiger partial charge in [-0.15, -0.1) is 0 Å². The molecule has 0 aliphatic carbocycles. The Kier molecular flexibility index (Phi) is 4.40. The van der Waals surface area contributed by atoms with Crippen molar-refractivity contribution in [1.82, 2.24) is 10.3 Å². The molecule has 0 radical (unpaired) electrons. The molecule has 1 aromatic carbocycles. The summed E-state index contributed by atoms with van der Waals surface area (Å²) >= 11 is 0. The highest BCUT2D eigenvalue weighted by Crippen LogP contribution is 2.16. The predicted molar refractivity (Wildman–Crippen MR) is 76.5 cm³/mol. The molecule has 0 aliphatic heterocycles. The minimum Gasteiger partial charge on any atom is -0.481 e. The van der Waals surface area contributed by atoms with Gasteiger partial charge in [-0.2, -0.15) is 0 Å². The smallest absolute Gasteiger partial charge is 0.303 e. The number of rotatable bonds is 6. The number of fused-ring (bicyclic) bond motifs is 1. The number of carbonyl (C=O) groups is 2. The summed E-state index contributed by atoms with van der Waals surface area (Å²) in [7, 11) is 0. The molecule has 1 heterocycles. The van der Waals surface area contributed by atoms with Gasteiger partial charge < -0.3 is 15.4 Å². The van der Waals surface area contributed by atoms with E-state index in [1.807, 2.05) is 24.4 Å². The molecule has 0 spiro atoms. The summed E-state index contributed by atoms with van der Waals surface area (Å²) in [6.45, 7) is 1.45. The van der Waals surface area contributed by atoms with E-state index in [-0.39, 0.29) is 18.4 Å². The number of carboxylic acids is 1. The van der Waals surface area contributed by atoms with E-state index >= 15 is 0 Å². The molecule has 0 saturated carbocycles. The van der Waals surface area contributed by atoms with Crippen LogP contribution < -0.4 is 5.32 Å². The molecule has 2 rings (SSSR count). The normalized spacial score (nSPS) is 12.2. The van der Waals surface area contributed by atoms with E-state index in [2.05, 4.69) is 16.4 Å². The van der Waals surface area contributed by atoms with Crippen molar-refractivity contribution in [3.63, 3.8) is 0 Å². The van der Waals surface area contributed by atoms with Gasteiger partial charge in [0.05, 0.1) is 0 Å². The zero-order valence-corrected chi connectivity index (χ0v) is 11.3. The fourth-order valence-electron chi connectivity index (χ4n) is 2.32. The molecule has 106 valence electrons. The summed E-state index contributed by atoms with van der Waals surface area (Å²) in [6.07, 6.45) is 3.00. The Labute approximate surface area is 117 Å². The Balaban J connectivity index is 2.08. The van der Waals surface area contributed by atoms with Crippen molar-refractivity contribution in [2.45, 2.75) is 32.2 Å². The summed E-state index contributed by atoms with van der Waals surface area (Å²) in [5.41, 5.74) is 2.15. The Morgan fingerprint density at radius 2 is 2.15 bits per heavy atom. The number of aromatic nitrogens is 1. The number of hydrogen-bond donors (Lipinski definition) is 3. The average molecular weight is 274 g/mol. The maximum atomic E-state index is 11.2. The number of aromatic amines is 1. The molecule has 0 aliphatic rings. The van der Waals surface area contributed by atoms with Crippen LogP contribution in [-0.2, 0) is 16.0 Å². The van der Waals surface area contributed by atoms with Crippen molar-refractivity contribution in [2.75, 3.05) is 0 Å². The molecule has 0 saturated heterocycles. The largest absolute Gasteiger partial charge is 0.481 e. The molecule has 1 atom stereocenters. The van der Waals surface area contributed by atoms with Crippen LogP contribution in [-0.4, -0.2) is 28.0 Å². The Hall–Kier alpha value is -2.30. The fraction of sp³-hybridized carbons (Fsp3) is 0.333. The number of nitrogens with one attached hydrogen (secondary N) is 2. The monoisotopic (exact) mass is 274 g/mol. The van der Waals surface area contributed by atoms with Gasteiger partial charge in [-0.1, -0.05) is 6.07 Å². The van der Waals surface area contributed by atoms with Crippen LogP contribution in [0, 0.1) is 0 Å². The SMILES string of the molecule is CC(=O)NC(CCC(=O)O)Cc1ccc2[nH]ccc2c1. The lowest BCUT2D eigenvalue weighted by molar-refractivity contribution is -0.137. The molecule has 1 aromatic heterocycles. The number of carbonyl (C=O) groups excluding carboxylic acids is 1. The average Bonchev–Trinajstić information content (AvgIpc) is 2.82. The quantitative estimate of drug-likeness (QED) is 0.754. The fourth-order valence-corrected chi connectivity index (χ4v) is 2.32. The van der Waals surface area contributed by atoms with E-state index in [9.17, 15) is 9.59 Å². The van der Waals surface area contributed by atoms with Crippen LogP contribution in [0.25, 0.3) is 10.9 Å². The Bertz CT molecular complexity index is 618. The van der Waals surface area contributed by atoms with Crippen LogP contribution in [0.5, 0.6) is 0 Å². The highest BCUT2D eigenvalue weighted by Gasteiger charge is 2.13. The van der Waals surface area contributed by atoms with Crippen LogP contribution in [0.2, 0.25) is 0 Å². The molecule has 1 unspecified atom stereocenters. The molecule has 20 heavy (non-hydrogen) atoms. The van der Waals surface area contributed by atoms with Crippen LogP contribution in [0.4, 0.5) is 0 Å². The van der Waals surface area contributed by atoms with Crippen molar-refractivity contribution in [2.24, 2.45) is 0 Å². The summed E-state index contributed by atoms with van der Waals surface area (Å²) in [6, 6.07) is 7.88. The van der Waals surface area contributed by atoms with Crippen LogP contribution in [0.15, 0.2) is 30.5 Å². The van der Waals surface area contributed by atoms with Crippen LogP contribution >= 0.6 is 0 Å². The third kappa shape index (κ3) is 3.85. The molecule has 2 aromatic rings. The first-order valence-corrected chi connectivity index (χ1v) is 6.59. The highest BCUT2D eigenvalue weighted by atomic mass is 16.4. The van der Waals surface area contributed by atoms with E-state index in [0.29, 0.717) is 12.8 Å². The molecule has 0 fully saturated rings. The number of hydrogen-bond acceptors (Lipinski definition) is 2. The number of benzene rings is 1. The second-order valence-corrected chi connectivity index (χ2v) is 4.93. The summed E-state index contributed by atoms with van der Waals surface area (Å²) in [5.74, 6) is -0.982. The number of amides is 1. The second kappa shape index (κ2) is 6.23. The van der Waals surface area contributed by atoms with E-state index in [0.717, 1.165) is 16.5 Å². The molecule has 5 nitrogen and oxygen atoms in total. The van der Waals surface area contributed by atoms with E-state index in [1.165, 1.54) is 6.92 Å². The minimum atomic E-state index is -0.846. The zero-order chi connectivity index (χ0) is 14.5. The van der Waals surface area contributed by atoms with Crippen molar-refractivity contribution in [3.8, 4) is 0 Å². The van der Waals surface area contributed by atoms with Gasteiger partial charge in [-0.3, -0.25) is 9.59 Å². The summed E-state index contributed by atoms with van der Waals surface area (Å²) in [4.78, 5) is 25.0. The van der Waals surface area contributed by atoms with Crippen molar-refractivity contribution in [3.05, 3.63) is 36.0 Å². The lowest BCUT2D eigenvalue weighted by Crippen LogP contribution is -2.35. The lowest BCUT2D eigenvalue weighted by atomic mass is 10.0. The Morgan fingerprint density at radius 3 is 2.85 bits per heavy atom. The number of H-pyrrole nitrogens is 1. The maximum absolute atomic E-state index is 11.2. The molecular weight excluding hydrogens is 256 g/mol. The Morgan fingerprint density at radius 1 is 1.35 bits per heavy atom. The van der Waals surface area contributed by atoms with Gasteiger partial charge in [-0.05, 0) is 42.0 Å². The van der Waals surface area contributed by atoms with E-state index in [4.69, 9.17) is 5.11 Å². The zero-order valence-electron chi connectivity index (χ0n) is 11.3. The van der Waals surface area contributed by atoms with Gasteiger partial charge >= 0.3 is 5.97 Å². The molecule has 1 amide bonds. The van der Waals surface area contributed by atoms with Gasteiger partial charge in [0.2, 0.25) is 5.91 Å². The van der Waals surface area contributed by atoms with Crippen molar-refractivity contribution < 1.29 is 14.7 Å². The van der Waals surface area contributed by atoms with Gasteiger partial charge in [-0.25, -0.2) is 0 Å². The molecule has 3 N–H and O–H groups in total. The van der Waals surface area contributed by atoms with Gasteiger partial charge in [0.1, 0.15) is 0 Å². The highest BCUT2D eigenvalue weighted by molar-refractivity contribution is 5.80. The third-order valence-corrected chi connectivity index (χ3v) is 3.21. The van der Waals surface area contributed by atoms with Gasteiger partial charge in [0.15, 0.2) is 0 Å². The van der Waals surface area contributed by atoms with Crippen LogP contribution in [0.3, 0.4) is 0 Å². The first-order chi connectivity index (χ1) is 9.54. The standard InChI is InChI=1S/C15H18N2O3/c1-10(18)17-13(3-5-15(19)20)9-11-2-4-14-12(8-11)6-7-16-14/h2,4,6-8,13,16H,3,5,9H2,1H3,(H,17,18)(H,19,20). The predicted octanol–water partition coefficient (Wildman–Crippen LogP) is 2.08. The van der Waals surface area contributed by atoms with E-state index < -0.39 is 5.97 Å². The third-order valence-electron chi connectivity index (χ3n) is 3.21. The van der Waals surface area contributed by atoms with Gasteiger partial charge in [0, 0.05) is 31.1 Å². The van der Waals surface area contributed by atoms with Gasteiger partial charge in [0.25, 0.3) is 0 Å². The first kappa shape index (κ1) is 14.1. The molecule has 0 bridgehead atoms. The minimum absolute atomic E-state index is 0.0529. The molecular formula is C15H18N2O3. The lowest BCUT2D eigenvalue weighted by Gasteiger charge is -2.17. The maximum Gasteiger partial charge on any atom is 0.303 e. The first-order valence-electron chi connectivity index (χ1n) is 6.59.